The molecule has 0 heterocycles. The van der Waals surface area contributed by atoms with Gasteiger partial charge in [-0.2, -0.15) is 0 Å². The molecule has 0 bridgehead atoms. The Morgan fingerprint density at radius 1 is 1.23 bits per heavy atom. The van der Waals surface area contributed by atoms with Gasteiger partial charge in [-0.25, -0.2) is 0 Å². The fraction of sp³-hybridized carbons (Fsp3) is 0.467. The van der Waals surface area contributed by atoms with E-state index in [9.17, 15) is 9.59 Å². The fourth-order valence-corrected chi connectivity index (χ4v) is 2.06. The number of methoxy groups -OCH3 is 1. The van der Waals surface area contributed by atoms with E-state index in [1.54, 1.807) is 7.11 Å². The number of aryl methyl sites for hydroxylation is 1. The van der Waals surface area contributed by atoms with Crippen LogP contribution in [0.5, 0.6) is 0 Å². The van der Waals surface area contributed by atoms with Gasteiger partial charge in [-0.05, 0) is 24.6 Å². The van der Waals surface area contributed by atoms with Crippen LogP contribution in [-0.4, -0.2) is 45.2 Å². The predicted molar refractivity (Wildman–Crippen MR) is 89.9 cm³/mol. The van der Waals surface area contributed by atoms with Crippen LogP contribution in [0.3, 0.4) is 0 Å². The molecule has 0 saturated heterocycles. The number of nitrogens with one attached hydrogen (secondary N) is 3. The molecule has 1 rings (SSSR count). The SMILES string of the molecule is COCCNCC(=O)NCCC(=O)Nc1cc(Br)ccc1C. The minimum atomic E-state index is -0.137. The van der Waals surface area contributed by atoms with Crippen LogP contribution in [0.25, 0.3) is 0 Å². The summed E-state index contributed by atoms with van der Waals surface area (Å²) in [5, 5.41) is 8.46. The maximum Gasteiger partial charge on any atom is 0.233 e. The molecule has 1 aromatic rings. The van der Waals surface area contributed by atoms with Crippen molar-refractivity contribution in [1.29, 1.82) is 0 Å². The lowest BCUT2D eigenvalue weighted by atomic mass is 10.2. The summed E-state index contributed by atoms with van der Waals surface area (Å²) in [6, 6.07) is 5.69. The van der Waals surface area contributed by atoms with Crippen molar-refractivity contribution in [2.24, 2.45) is 0 Å². The van der Waals surface area contributed by atoms with Gasteiger partial charge in [-0.3, -0.25) is 9.59 Å². The molecular weight excluding hydrogens is 350 g/mol. The maximum absolute atomic E-state index is 11.8. The molecular formula is C15H22BrN3O3. The maximum atomic E-state index is 11.8. The van der Waals surface area contributed by atoms with Crippen molar-refractivity contribution in [3.05, 3.63) is 28.2 Å². The molecule has 0 atom stereocenters. The van der Waals surface area contributed by atoms with Crippen molar-refractivity contribution in [1.82, 2.24) is 10.6 Å². The van der Waals surface area contributed by atoms with E-state index in [4.69, 9.17) is 4.74 Å². The van der Waals surface area contributed by atoms with Crippen molar-refractivity contribution in [2.75, 3.05) is 38.7 Å². The second-order valence-electron chi connectivity index (χ2n) is 4.78. The lowest BCUT2D eigenvalue weighted by Gasteiger charge is -2.10. The van der Waals surface area contributed by atoms with Crippen molar-refractivity contribution >= 4 is 33.4 Å². The lowest BCUT2D eigenvalue weighted by molar-refractivity contribution is -0.120. The van der Waals surface area contributed by atoms with E-state index in [2.05, 4.69) is 31.9 Å². The minimum Gasteiger partial charge on any atom is -0.383 e. The third-order valence-electron chi connectivity index (χ3n) is 2.92. The average Bonchev–Trinajstić information content (AvgIpc) is 2.47. The summed E-state index contributed by atoms with van der Waals surface area (Å²) in [6.45, 7) is 3.63. The van der Waals surface area contributed by atoms with Gasteiger partial charge in [-0.15, -0.1) is 0 Å². The number of amides is 2. The number of hydrogen-bond acceptors (Lipinski definition) is 4. The molecule has 0 saturated carbocycles. The first-order valence-electron chi connectivity index (χ1n) is 7.05. The molecule has 0 aliphatic heterocycles. The molecule has 2 amide bonds. The zero-order valence-corrected chi connectivity index (χ0v) is 14.5. The highest BCUT2D eigenvalue weighted by molar-refractivity contribution is 9.10. The molecule has 7 heteroatoms. The molecule has 0 radical (unpaired) electrons. The van der Waals surface area contributed by atoms with Crippen LogP contribution in [0.15, 0.2) is 22.7 Å². The summed E-state index contributed by atoms with van der Waals surface area (Å²) in [6.07, 6.45) is 0.232. The van der Waals surface area contributed by atoms with Gasteiger partial charge in [0.1, 0.15) is 0 Å². The summed E-state index contributed by atoms with van der Waals surface area (Å²) in [4.78, 5) is 23.3. The number of benzene rings is 1. The first kappa shape index (κ1) is 18.6. The highest BCUT2D eigenvalue weighted by Crippen LogP contribution is 2.20. The van der Waals surface area contributed by atoms with Gasteiger partial charge in [0, 0.05) is 36.8 Å². The molecule has 0 aliphatic carbocycles. The topological polar surface area (TPSA) is 79.5 Å². The number of carbonyl (C=O) groups excluding carboxylic acids is 2. The Kier molecular flexibility index (Phi) is 8.72. The van der Waals surface area contributed by atoms with Crippen LogP contribution in [0, 0.1) is 6.92 Å². The van der Waals surface area contributed by atoms with Crippen molar-refractivity contribution in [2.45, 2.75) is 13.3 Å². The smallest absolute Gasteiger partial charge is 0.233 e. The van der Waals surface area contributed by atoms with Gasteiger partial charge in [0.05, 0.1) is 13.2 Å². The first-order valence-corrected chi connectivity index (χ1v) is 7.84. The standard InChI is InChI=1S/C15H22BrN3O3/c1-11-3-4-12(16)9-13(11)19-14(20)5-6-18-15(21)10-17-7-8-22-2/h3-4,9,17H,5-8,10H2,1-2H3,(H,18,21)(H,19,20). The highest BCUT2D eigenvalue weighted by atomic mass is 79.9. The summed E-state index contributed by atoms with van der Waals surface area (Å²) in [5.74, 6) is -0.267. The van der Waals surface area contributed by atoms with E-state index in [-0.39, 0.29) is 24.8 Å². The van der Waals surface area contributed by atoms with Crippen LogP contribution in [0.2, 0.25) is 0 Å². The Hall–Kier alpha value is -1.44. The molecule has 0 aromatic heterocycles. The van der Waals surface area contributed by atoms with Crippen LogP contribution >= 0.6 is 15.9 Å². The molecule has 122 valence electrons. The minimum absolute atomic E-state index is 0.131. The predicted octanol–water partition coefficient (Wildman–Crippen LogP) is 1.44. The Labute approximate surface area is 139 Å². The third kappa shape index (κ3) is 7.53. The summed E-state index contributed by atoms with van der Waals surface area (Å²) < 4.78 is 5.77. The van der Waals surface area contributed by atoms with E-state index in [0.717, 1.165) is 15.7 Å². The number of anilines is 1. The molecule has 6 nitrogen and oxygen atoms in total. The quantitative estimate of drug-likeness (QED) is 0.573. The first-order chi connectivity index (χ1) is 10.5. The van der Waals surface area contributed by atoms with Crippen LogP contribution in [-0.2, 0) is 14.3 Å². The molecule has 22 heavy (non-hydrogen) atoms. The normalized spacial score (nSPS) is 10.3. The van der Waals surface area contributed by atoms with E-state index in [0.29, 0.717) is 19.7 Å². The van der Waals surface area contributed by atoms with Gasteiger partial charge < -0.3 is 20.7 Å². The van der Waals surface area contributed by atoms with E-state index in [1.165, 1.54) is 0 Å². The average molecular weight is 372 g/mol. The van der Waals surface area contributed by atoms with Gasteiger partial charge in [0.15, 0.2) is 0 Å². The number of ether oxygens (including phenoxy) is 1. The molecule has 0 spiro atoms. The highest BCUT2D eigenvalue weighted by Gasteiger charge is 2.06. The molecule has 0 aliphatic rings. The largest absolute Gasteiger partial charge is 0.383 e. The Bertz CT molecular complexity index is 509. The zero-order chi connectivity index (χ0) is 16.4. The Morgan fingerprint density at radius 3 is 2.73 bits per heavy atom. The van der Waals surface area contributed by atoms with Gasteiger partial charge in [-0.1, -0.05) is 22.0 Å². The second kappa shape index (κ2) is 10.3. The van der Waals surface area contributed by atoms with E-state index < -0.39 is 0 Å². The van der Waals surface area contributed by atoms with Gasteiger partial charge >= 0.3 is 0 Å². The van der Waals surface area contributed by atoms with Gasteiger partial charge in [0.2, 0.25) is 11.8 Å². The van der Waals surface area contributed by atoms with Crippen molar-refractivity contribution < 1.29 is 14.3 Å². The summed E-state index contributed by atoms with van der Waals surface area (Å²) in [5.41, 5.74) is 1.76. The molecule has 0 unspecified atom stereocenters. The Morgan fingerprint density at radius 2 is 2.00 bits per heavy atom. The zero-order valence-electron chi connectivity index (χ0n) is 12.9. The lowest BCUT2D eigenvalue weighted by Crippen LogP contribution is -2.36. The number of rotatable bonds is 9. The molecule has 0 fully saturated rings. The number of halogens is 1. The summed E-state index contributed by atoms with van der Waals surface area (Å²) >= 11 is 3.37. The molecule has 3 N–H and O–H groups in total. The second-order valence-corrected chi connectivity index (χ2v) is 5.69. The van der Waals surface area contributed by atoms with Crippen LogP contribution in [0.4, 0.5) is 5.69 Å². The molecule has 1 aromatic carbocycles. The fourth-order valence-electron chi connectivity index (χ4n) is 1.70. The van der Waals surface area contributed by atoms with E-state index in [1.807, 2.05) is 25.1 Å². The van der Waals surface area contributed by atoms with Gasteiger partial charge in [0.25, 0.3) is 0 Å². The Balaban J connectivity index is 2.23. The summed E-state index contributed by atoms with van der Waals surface area (Å²) in [7, 11) is 1.60. The monoisotopic (exact) mass is 371 g/mol. The van der Waals surface area contributed by atoms with Crippen LogP contribution < -0.4 is 16.0 Å². The number of carbonyl (C=O) groups is 2. The van der Waals surface area contributed by atoms with Crippen LogP contribution in [0.1, 0.15) is 12.0 Å². The van der Waals surface area contributed by atoms with E-state index >= 15 is 0 Å². The van der Waals surface area contributed by atoms with Crippen molar-refractivity contribution in [3.63, 3.8) is 0 Å². The number of hydrogen-bond donors (Lipinski definition) is 3. The third-order valence-corrected chi connectivity index (χ3v) is 3.41. The van der Waals surface area contributed by atoms with Crippen molar-refractivity contribution in [3.8, 4) is 0 Å².